The Morgan fingerprint density at radius 2 is 1.80 bits per heavy atom. The molecule has 0 saturated carbocycles. The van der Waals surface area contributed by atoms with Crippen molar-refractivity contribution in [3.8, 4) is 0 Å². The van der Waals surface area contributed by atoms with Gasteiger partial charge in [0.15, 0.2) is 0 Å². The molecule has 1 aromatic carbocycles. The number of aromatic nitrogens is 1. The number of rotatable bonds is 5. The minimum absolute atomic E-state index is 0.0473. The van der Waals surface area contributed by atoms with Gasteiger partial charge >= 0.3 is 0 Å². The number of carbonyl (C=O) groups excluding carboxylic acids is 4. The summed E-state index contributed by atoms with van der Waals surface area (Å²) in [6, 6.07) is 9.14. The van der Waals surface area contributed by atoms with E-state index in [4.69, 9.17) is 0 Å². The minimum Gasteiger partial charge on any atom is -0.378 e. The van der Waals surface area contributed by atoms with Crippen LogP contribution in [0.1, 0.15) is 33.7 Å². The summed E-state index contributed by atoms with van der Waals surface area (Å²) in [6.45, 7) is 1.14. The predicted octanol–water partition coefficient (Wildman–Crippen LogP) is 0.453. The number of aryl methyl sites for hydroxylation is 1. The van der Waals surface area contributed by atoms with Gasteiger partial charge in [0.25, 0.3) is 11.8 Å². The first-order valence-corrected chi connectivity index (χ1v) is 11.8. The third-order valence-electron chi connectivity index (χ3n) is 6.63. The van der Waals surface area contributed by atoms with Crippen LogP contribution in [0.5, 0.6) is 0 Å². The van der Waals surface area contributed by atoms with E-state index in [0.717, 1.165) is 12.1 Å². The molecule has 10 nitrogen and oxygen atoms in total. The lowest BCUT2D eigenvalue weighted by Crippen LogP contribution is -2.63. The Labute approximate surface area is 204 Å². The summed E-state index contributed by atoms with van der Waals surface area (Å²) in [7, 11) is 5.62. The third kappa shape index (κ3) is 5.16. The molecule has 35 heavy (non-hydrogen) atoms. The number of piperazine rings is 1. The lowest BCUT2D eigenvalue weighted by molar-refractivity contribution is -0.133. The van der Waals surface area contributed by atoms with E-state index in [2.05, 4.69) is 10.6 Å². The Kier molecular flexibility index (Phi) is 7.09. The van der Waals surface area contributed by atoms with Crippen LogP contribution in [-0.4, -0.2) is 90.4 Å². The number of nitrogens with zero attached hydrogens (tertiary/aromatic N) is 4. The van der Waals surface area contributed by atoms with E-state index in [1.165, 1.54) is 4.90 Å². The predicted molar refractivity (Wildman–Crippen MR) is 131 cm³/mol. The van der Waals surface area contributed by atoms with Crippen molar-refractivity contribution >= 4 is 29.3 Å². The zero-order valence-corrected chi connectivity index (χ0v) is 20.4. The smallest absolute Gasteiger partial charge is 0.270 e. The van der Waals surface area contributed by atoms with Crippen LogP contribution in [0.2, 0.25) is 0 Å². The lowest BCUT2D eigenvalue weighted by atomic mass is 10.0. The molecule has 0 radical (unpaired) electrons. The first-order chi connectivity index (χ1) is 16.8. The first-order valence-electron chi connectivity index (χ1n) is 11.8. The van der Waals surface area contributed by atoms with Crippen LogP contribution in [-0.2, 0) is 16.6 Å². The van der Waals surface area contributed by atoms with Crippen molar-refractivity contribution in [2.24, 2.45) is 7.05 Å². The van der Waals surface area contributed by atoms with Crippen LogP contribution < -0.4 is 15.5 Å². The van der Waals surface area contributed by atoms with Crippen molar-refractivity contribution in [1.82, 2.24) is 25.0 Å². The maximum atomic E-state index is 13.5. The van der Waals surface area contributed by atoms with E-state index in [9.17, 15) is 19.2 Å². The van der Waals surface area contributed by atoms with Crippen molar-refractivity contribution in [2.75, 3.05) is 45.2 Å². The van der Waals surface area contributed by atoms with Crippen LogP contribution in [0.3, 0.4) is 0 Å². The van der Waals surface area contributed by atoms with Crippen molar-refractivity contribution in [3.05, 3.63) is 53.9 Å². The highest BCUT2D eigenvalue weighted by Crippen LogP contribution is 2.20. The summed E-state index contributed by atoms with van der Waals surface area (Å²) in [5.74, 6) is -1.15. The van der Waals surface area contributed by atoms with Gasteiger partial charge in [0.05, 0.1) is 6.54 Å². The molecule has 0 unspecified atom stereocenters. The molecule has 2 saturated heterocycles. The molecule has 4 amide bonds. The topological polar surface area (TPSA) is 107 Å². The number of piperidine rings is 1. The maximum absolute atomic E-state index is 13.5. The second-order valence-corrected chi connectivity index (χ2v) is 9.21. The molecular formula is C25H32N6O4. The summed E-state index contributed by atoms with van der Waals surface area (Å²) in [5.41, 5.74) is 1.93. The molecule has 10 heteroatoms. The average molecular weight is 481 g/mol. The summed E-state index contributed by atoms with van der Waals surface area (Å²) in [6.07, 6.45) is 3.09. The fourth-order valence-corrected chi connectivity index (χ4v) is 4.53. The van der Waals surface area contributed by atoms with E-state index >= 15 is 0 Å². The molecule has 2 aromatic rings. The van der Waals surface area contributed by atoms with Crippen LogP contribution in [0.4, 0.5) is 5.69 Å². The van der Waals surface area contributed by atoms with Gasteiger partial charge in [-0.05, 0) is 49.2 Å². The summed E-state index contributed by atoms with van der Waals surface area (Å²) in [5, 5.41) is 5.57. The molecule has 1 aromatic heterocycles. The molecule has 3 heterocycles. The van der Waals surface area contributed by atoms with Gasteiger partial charge in [0, 0.05) is 58.2 Å². The van der Waals surface area contributed by atoms with E-state index in [1.807, 2.05) is 31.1 Å². The number of carbonyl (C=O) groups is 4. The van der Waals surface area contributed by atoms with Crippen LogP contribution in [0.25, 0.3) is 0 Å². The fraction of sp³-hybridized carbons (Fsp3) is 0.440. The summed E-state index contributed by atoms with van der Waals surface area (Å²) >= 11 is 0. The summed E-state index contributed by atoms with van der Waals surface area (Å²) < 4.78 is 1.73. The Morgan fingerprint density at radius 1 is 1.06 bits per heavy atom. The zero-order chi connectivity index (χ0) is 25.1. The number of amides is 4. The highest BCUT2D eigenvalue weighted by molar-refractivity contribution is 6.00. The highest BCUT2D eigenvalue weighted by atomic mass is 16.2. The van der Waals surface area contributed by atoms with Gasteiger partial charge < -0.3 is 29.9 Å². The standard InChI is InChI=1S/C25H32N6O4/c1-28(2)18-10-8-17(9-11-18)24(34)31-15-14-30(25(35)20-7-5-13-29(20)3)16-21(31)23(33)27-19-6-4-12-26-22(19)32/h5,7-11,13,19,21H,4,6,12,14-16H2,1-3H3,(H,26,32)(H,27,33)/t19-,21-/m0/s1. The third-order valence-corrected chi connectivity index (χ3v) is 6.63. The largest absolute Gasteiger partial charge is 0.378 e. The van der Waals surface area contributed by atoms with Crippen LogP contribution in [0.15, 0.2) is 42.6 Å². The average Bonchev–Trinajstić information content (AvgIpc) is 3.30. The first kappa shape index (κ1) is 24.3. The number of benzene rings is 1. The van der Waals surface area contributed by atoms with Crippen molar-refractivity contribution in [2.45, 2.75) is 24.9 Å². The molecule has 186 valence electrons. The normalized spacial score (nSPS) is 20.3. The van der Waals surface area contributed by atoms with Gasteiger partial charge in [-0.15, -0.1) is 0 Å². The molecular weight excluding hydrogens is 448 g/mol. The van der Waals surface area contributed by atoms with Gasteiger partial charge in [-0.25, -0.2) is 0 Å². The number of anilines is 1. The second kappa shape index (κ2) is 10.2. The Bertz CT molecular complexity index is 1110. The van der Waals surface area contributed by atoms with E-state index in [-0.39, 0.29) is 30.8 Å². The molecule has 2 N–H and O–H groups in total. The van der Waals surface area contributed by atoms with Gasteiger partial charge in [-0.3, -0.25) is 19.2 Å². The second-order valence-electron chi connectivity index (χ2n) is 9.21. The SMILES string of the molecule is CN(C)c1ccc(C(=O)N2CCN(C(=O)c3cccn3C)C[C@H]2C(=O)N[C@H]2CCCNC2=O)cc1. The number of hydrogen-bond acceptors (Lipinski definition) is 5. The molecule has 0 bridgehead atoms. The van der Waals surface area contributed by atoms with Gasteiger partial charge in [-0.1, -0.05) is 0 Å². The van der Waals surface area contributed by atoms with Gasteiger partial charge in [0.1, 0.15) is 17.8 Å². The van der Waals surface area contributed by atoms with Gasteiger partial charge in [0.2, 0.25) is 11.8 Å². The van der Waals surface area contributed by atoms with E-state index in [1.54, 1.807) is 47.0 Å². The van der Waals surface area contributed by atoms with Crippen LogP contribution >= 0.6 is 0 Å². The molecule has 2 fully saturated rings. The van der Waals surface area contributed by atoms with E-state index in [0.29, 0.717) is 30.8 Å². The fourth-order valence-electron chi connectivity index (χ4n) is 4.53. The molecule has 4 rings (SSSR count). The molecule has 0 aliphatic carbocycles. The number of nitrogens with one attached hydrogen (secondary N) is 2. The zero-order valence-electron chi connectivity index (χ0n) is 20.4. The summed E-state index contributed by atoms with van der Waals surface area (Å²) in [4.78, 5) is 57.3. The van der Waals surface area contributed by atoms with Crippen molar-refractivity contribution in [3.63, 3.8) is 0 Å². The molecule has 0 spiro atoms. The highest BCUT2D eigenvalue weighted by Gasteiger charge is 2.39. The minimum atomic E-state index is -0.913. The Hall–Kier alpha value is -3.82. The molecule has 2 aliphatic rings. The van der Waals surface area contributed by atoms with Crippen molar-refractivity contribution in [1.29, 1.82) is 0 Å². The molecule has 2 aliphatic heterocycles. The Balaban J connectivity index is 1.57. The molecule has 2 atom stereocenters. The number of hydrogen-bond donors (Lipinski definition) is 2. The monoisotopic (exact) mass is 480 g/mol. The van der Waals surface area contributed by atoms with Crippen LogP contribution in [0, 0.1) is 0 Å². The van der Waals surface area contributed by atoms with Crippen molar-refractivity contribution < 1.29 is 19.2 Å². The van der Waals surface area contributed by atoms with Gasteiger partial charge in [-0.2, -0.15) is 0 Å². The quantitative estimate of drug-likeness (QED) is 0.647. The van der Waals surface area contributed by atoms with E-state index < -0.39 is 18.0 Å². The Morgan fingerprint density at radius 3 is 2.43 bits per heavy atom. The maximum Gasteiger partial charge on any atom is 0.270 e. The lowest BCUT2D eigenvalue weighted by Gasteiger charge is -2.41.